The lowest BCUT2D eigenvalue weighted by atomic mass is 10.1. The van der Waals surface area contributed by atoms with Gasteiger partial charge in [0, 0.05) is 41.9 Å². The van der Waals surface area contributed by atoms with Crippen molar-refractivity contribution in [2.75, 3.05) is 43.9 Å². The van der Waals surface area contributed by atoms with E-state index in [4.69, 9.17) is 5.73 Å². The first-order chi connectivity index (χ1) is 11.0. The van der Waals surface area contributed by atoms with E-state index in [0.717, 1.165) is 41.9 Å². The molecule has 2 heterocycles. The second-order valence-corrected chi connectivity index (χ2v) is 6.74. The maximum absolute atomic E-state index is 5.84. The van der Waals surface area contributed by atoms with Gasteiger partial charge < -0.3 is 15.5 Å². The smallest absolute Gasteiger partial charge is 0.221 e. The largest absolute Gasteiger partial charge is 0.368 e. The maximum atomic E-state index is 5.84. The molecule has 0 radical (unpaired) electrons. The van der Waals surface area contributed by atoms with Crippen LogP contribution in [0.2, 0.25) is 0 Å². The average Bonchev–Trinajstić information content (AvgIpc) is 2.84. The molecule has 1 aromatic carbocycles. The fraction of sp³-hybridized carbons (Fsp3) is 0.375. The van der Waals surface area contributed by atoms with E-state index in [9.17, 15) is 0 Å². The number of likely N-dealkylation sites (N-methyl/N-ethyl adjacent to an activating group) is 1. The minimum Gasteiger partial charge on any atom is -0.368 e. The summed E-state index contributed by atoms with van der Waals surface area (Å²) in [5.74, 6) is 0.400. The molecule has 6 nitrogen and oxygen atoms in total. The van der Waals surface area contributed by atoms with Crippen LogP contribution in [0.25, 0.3) is 0 Å². The number of aromatic nitrogens is 2. The molecule has 7 heteroatoms. The highest BCUT2D eigenvalue weighted by molar-refractivity contribution is 9.10. The van der Waals surface area contributed by atoms with Crippen LogP contribution in [0.15, 0.2) is 34.0 Å². The van der Waals surface area contributed by atoms with Gasteiger partial charge in [-0.3, -0.25) is 0 Å². The highest BCUT2D eigenvalue weighted by atomic mass is 79.9. The van der Waals surface area contributed by atoms with Crippen molar-refractivity contribution in [3.8, 4) is 0 Å². The van der Waals surface area contributed by atoms with E-state index in [1.54, 1.807) is 4.68 Å². The minimum atomic E-state index is 0.400. The number of imidazole rings is 1. The Kier molecular flexibility index (Phi) is 4.68. The first-order valence-corrected chi connectivity index (χ1v) is 8.41. The quantitative estimate of drug-likeness (QED) is 0.833. The van der Waals surface area contributed by atoms with Crippen molar-refractivity contribution in [2.45, 2.75) is 6.92 Å². The number of piperazine rings is 1. The third-order valence-electron chi connectivity index (χ3n) is 3.99. The number of rotatable bonds is 3. The van der Waals surface area contributed by atoms with E-state index in [2.05, 4.69) is 55.0 Å². The molecule has 3 rings (SSSR count). The van der Waals surface area contributed by atoms with Crippen LogP contribution in [0.3, 0.4) is 0 Å². The standard InChI is InChI=1S/C16H21BrN6/c1-12-11-23(16(18)20-12)19-10-13-3-4-14(17)9-15(13)22-7-5-21(2)6-8-22/h3-4,9-11H,5-8H2,1-2H3,(H2,18,20). The summed E-state index contributed by atoms with van der Waals surface area (Å²) < 4.78 is 2.67. The Morgan fingerprint density at radius 1 is 1.26 bits per heavy atom. The fourth-order valence-corrected chi connectivity index (χ4v) is 3.02. The summed E-state index contributed by atoms with van der Waals surface area (Å²) in [5, 5.41) is 4.45. The molecule has 0 aliphatic carbocycles. The zero-order valence-corrected chi connectivity index (χ0v) is 15.0. The van der Waals surface area contributed by atoms with Crippen molar-refractivity contribution in [3.05, 3.63) is 40.1 Å². The predicted octanol–water partition coefficient (Wildman–Crippen LogP) is 2.17. The Hall–Kier alpha value is -1.86. The van der Waals surface area contributed by atoms with E-state index < -0.39 is 0 Å². The van der Waals surface area contributed by atoms with Gasteiger partial charge >= 0.3 is 0 Å². The predicted molar refractivity (Wildman–Crippen MR) is 98.2 cm³/mol. The zero-order chi connectivity index (χ0) is 16.4. The van der Waals surface area contributed by atoms with Gasteiger partial charge in [0.2, 0.25) is 5.95 Å². The summed E-state index contributed by atoms with van der Waals surface area (Å²) in [6.45, 7) is 6.06. The van der Waals surface area contributed by atoms with Crippen LogP contribution in [0, 0.1) is 6.92 Å². The van der Waals surface area contributed by atoms with E-state index >= 15 is 0 Å². The number of aryl methyl sites for hydroxylation is 1. The maximum Gasteiger partial charge on any atom is 0.221 e. The van der Waals surface area contributed by atoms with Crippen LogP contribution in [0.5, 0.6) is 0 Å². The monoisotopic (exact) mass is 376 g/mol. The molecule has 1 aliphatic rings. The van der Waals surface area contributed by atoms with Crippen LogP contribution in [-0.2, 0) is 0 Å². The van der Waals surface area contributed by atoms with Crippen molar-refractivity contribution in [3.63, 3.8) is 0 Å². The Bertz CT molecular complexity index is 715. The highest BCUT2D eigenvalue weighted by Crippen LogP contribution is 2.25. The Balaban J connectivity index is 1.88. The summed E-state index contributed by atoms with van der Waals surface area (Å²) in [6.07, 6.45) is 3.66. The van der Waals surface area contributed by atoms with Gasteiger partial charge in [-0.1, -0.05) is 22.0 Å². The second-order valence-electron chi connectivity index (χ2n) is 5.82. The summed E-state index contributed by atoms with van der Waals surface area (Å²) >= 11 is 3.57. The lowest BCUT2D eigenvalue weighted by Gasteiger charge is -2.34. The number of anilines is 2. The highest BCUT2D eigenvalue weighted by Gasteiger charge is 2.16. The van der Waals surface area contributed by atoms with Crippen molar-refractivity contribution in [1.82, 2.24) is 14.6 Å². The summed E-state index contributed by atoms with van der Waals surface area (Å²) in [7, 11) is 2.16. The molecule has 0 spiro atoms. The van der Waals surface area contributed by atoms with Gasteiger partial charge in [-0.25, -0.2) is 9.66 Å². The van der Waals surface area contributed by atoms with Crippen molar-refractivity contribution in [2.24, 2.45) is 5.10 Å². The van der Waals surface area contributed by atoms with Crippen LogP contribution < -0.4 is 10.6 Å². The van der Waals surface area contributed by atoms with Crippen molar-refractivity contribution < 1.29 is 0 Å². The van der Waals surface area contributed by atoms with E-state index in [1.165, 1.54) is 5.69 Å². The van der Waals surface area contributed by atoms with Gasteiger partial charge in [-0.05, 0) is 26.1 Å². The first-order valence-electron chi connectivity index (χ1n) is 7.62. The number of benzene rings is 1. The molecular formula is C16H21BrN6. The van der Waals surface area contributed by atoms with Crippen molar-refractivity contribution >= 4 is 33.8 Å². The molecule has 1 aliphatic heterocycles. The molecule has 0 atom stereocenters. The molecule has 0 amide bonds. The van der Waals surface area contributed by atoms with Crippen LogP contribution in [0.4, 0.5) is 11.6 Å². The lowest BCUT2D eigenvalue weighted by molar-refractivity contribution is 0.313. The van der Waals surface area contributed by atoms with Gasteiger partial charge in [0.1, 0.15) is 0 Å². The summed E-state index contributed by atoms with van der Waals surface area (Å²) in [5.41, 5.74) is 8.96. The summed E-state index contributed by atoms with van der Waals surface area (Å²) in [6, 6.07) is 6.25. The molecular weight excluding hydrogens is 356 g/mol. The molecule has 1 saturated heterocycles. The van der Waals surface area contributed by atoms with Gasteiger partial charge in [0.05, 0.1) is 18.1 Å². The molecule has 2 N–H and O–H groups in total. The number of halogens is 1. The number of hydrogen-bond donors (Lipinski definition) is 1. The number of nitrogens with zero attached hydrogens (tertiary/aromatic N) is 5. The lowest BCUT2D eigenvalue weighted by Crippen LogP contribution is -2.44. The van der Waals surface area contributed by atoms with Gasteiger partial charge in [-0.2, -0.15) is 5.10 Å². The second kappa shape index (κ2) is 6.72. The van der Waals surface area contributed by atoms with Gasteiger partial charge in [-0.15, -0.1) is 0 Å². The minimum absolute atomic E-state index is 0.400. The normalized spacial score (nSPS) is 16.4. The molecule has 23 heavy (non-hydrogen) atoms. The molecule has 0 saturated carbocycles. The number of nitrogen functional groups attached to an aromatic ring is 1. The third kappa shape index (κ3) is 3.73. The first kappa shape index (κ1) is 16.0. The van der Waals surface area contributed by atoms with E-state index in [1.807, 2.05) is 25.4 Å². The number of hydrogen-bond acceptors (Lipinski definition) is 5. The van der Waals surface area contributed by atoms with Crippen molar-refractivity contribution in [1.29, 1.82) is 0 Å². The molecule has 1 fully saturated rings. The van der Waals surface area contributed by atoms with E-state index in [-0.39, 0.29) is 0 Å². The fourth-order valence-electron chi connectivity index (χ4n) is 2.67. The van der Waals surface area contributed by atoms with Gasteiger partial charge in [0.25, 0.3) is 0 Å². The summed E-state index contributed by atoms with van der Waals surface area (Å²) in [4.78, 5) is 8.90. The molecule has 2 aromatic rings. The Labute approximate surface area is 144 Å². The molecule has 122 valence electrons. The number of nitrogens with two attached hydrogens (primary N) is 1. The average molecular weight is 377 g/mol. The molecule has 0 bridgehead atoms. The van der Waals surface area contributed by atoms with E-state index in [0.29, 0.717) is 5.95 Å². The topological polar surface area (TPSA) is 62.7 Å². The van der Waals surface area contributed by atoms with Crippen LogP contribution in [0.1, 0.15) is 11.3 Å². The van der Waals surface area contributed by atoms with Gasteiger partial charge in [0.15, 0.2) is 0 Å². The Morgan fingerprint density at radius 3 is 2.65 bits per heavy atom. The molecule has 0 unspecified atom stereocenters. The van der Waals surface area contributed by atoms with Crippen LogP contribution in [-0.4, -0.2) is 54.0 Å². The third-order valence-corrected chi connectivity index (χ3v) is 4.49. The zero-order valence-electron chi connectivity index (χ0n) is 13.4. The molecule has 1 aromatic heterocycles. The SMILES string of the molecule is Cc1cn(N=Cc2ccc(Br)cc2N2CCN(C)CC2)c(N)n1. The van der Waals surface area contributed by atoms with Crippen LogP contribution >= 0.6 is 15.9 Å². The Morgan fingerprint density at radius 2 is 2.00 bits per heavy atom.